The van der Waals surface area contributed by atoms with Crippen LogP contribution in [-0.4, -0.2) is 34.2 Å². The van der Waals surface area contributed by atoms with Crippen molar-refractivity contribution in [1.82, 2.24) is 10.6 Å². The molecule has 26 heavy (non-hydrogen) atoms. The number of guanidine groups is 1. The van der Waals surface area contributed by atoms with Crippen molar-refractivity contribution in [1.29, 1.82) is 0 Å². The molecule has 2 N–H and O–H groups in total. The van der Waals surface area contributed by atoms with Crippen molar-refractivity contribution in [2.24, 2.45) is 4.99 Å². The number of halogens is 1. The molecule has 0 saturated heterocycles. The van der Waals surface area contributed by atoms with Crippen LogP contribution in [0.15, 0.2) is 51.7 Å². The zero-order valence-corrected chi connectivity index (χ0v) is 19.4. The minimum Gasteiger partial charge on any atom is -0.356 e. The van der Waals surface area contributed by atoms with E-state index in [1.165, 1.54) is 11.1 Å². The molecule has 1 aromatic carbocycles. The van der Waals surface area contributed by atoms with Crippen LogP contribution in [0.25, 0.3) is 0 Å². The molecule has 0 radical (unpaired) electrons. The summed E-state index contributed by atoms with van der Waals surface area (Å²) in [6.07, 6.45) is 1.21. The average Bonchev–Trinajstić information content (AvgIpc) is 3.10. The highest BCUT2D eigenvalue weighted by Gasteiger charge is 2.21. The molecule has 144 valence electrons. The molecule has 0 aliphatic heterocycles. The Bertz CT molecular complexity index is 815. The van der Waals surface area contributed by atoms with Crippen molar-refractivity contribution in [3.05, 3.63) is 52.2 Å². The lowest BCUT2D eigenvalue weighted by atomic mass is 9.91. The second kappa shape index (κ2) is 9.70. The van der Waals surface area contributed by atoms with E-state index in [-0.39, 0.29) is 29.4 Å². The zero-order chi connectivity index (χ0) is 18.5. The van der Waals surface area contributed by atoms with Gasteiger partial charge in [0.05, 0.1) is 4.90 Å². The third kappa shape index (κ3) is 6.55. The SMILES string of the molecule is CN=C(NCc1ccc(S(C)(=O)=O)cc1)NCC(C)(C)c1cccs1.I. The summed E-state index contributed by atoms with van der Waals surface area (Å²) in [7, 11) is -1.42. The van der Waals surface area contributed by atoms with E-state index >= 15 is 0 Å². The Labute approximate surface area is 177 Å². The number of nitrogens with one attached hydrogen (secondary N) is 2. The molecule has 0 aliphatic carbocycles. The Balaban J connectivity index is 0.00000338. The first-order chi connectivity index (χ1) is 11.7. The molecule has 0 spiro atoms. The van der Waals surface area contributed by atoms with E-state index in [0.717, 1.165) is 18.1 Å². The minimum absolute atomic E-state index is 0. The lowest BCUT2D eigenvalue weighted by molar-refractivity contribution is 0.518. The number of rotatable bonds is 6. The molecule has 0 amide bonds. The van der Waals surface area contributed by atoms with Crippen LogP contribution in [0.2, 0.25) is 0 Å². The van der Waals surface area contributed by atoms with E-state index in [0.29, 0.717) is 11.4 Å². The summed E-state index contributed by atoms with van der Waals surface area (Å²) in [6.45, 7) is 5.73. The first-order valence-corrected chi connectivity index (χ1v) is 10.8. The number of benzene rings is 1. The van der Waals surface area contributed by atoms with Crippen LogP contribution in [0.3, 0.4) is 0 Å². The maximum Gasteiger partial charge on any atom is 0.191 e. The van der Waals surface area contributed by atoms with Crippen LogP contribution in [0.5, 0.6) is 0 Å². The third-order valence-corrected chi connectivity index (χ3v) is 6.29. The molecule has 1 aromatic heterocycles. The minimum atomic E-state index is -3.16. The maximum absolute atomic E-state index is 11.5. The number of thiophene rings is 1. The quantitative estimate of drug-likeness (QED) is 0.357. The lowest BCUT2D eigenvalue weighted by Gasteiger charge is -2.25. The monoisotopic (exact) mass is 507 g/mol. The van der Waals surface area contributed by atoms with Crippen LogP contribution in [-0.2, 0) is 21.8 Å². The highest BCUT2D eigenvalue weighted by Crippen LogP contribution is 2.26. The van der Waals surface area contributed by atoms with Crippen molar-refractivity contribution in [3.8, 4) is 0 Å². The second-order valence-electron chi connectivity index (χ2n) is 6.56. The highest BCUT2D eigenvalue weighted by molar-refractivity contribution is 14.0. The molecule has 2 rings (SSSR count). The Morgan fingerprint density at radius 2 is 1.81 bits per heavy atom. The lowest BCUT2D eigenvalue weighted by Crippen LogP contribution is -2.42. The van der Waals surface area contributed by atoms with E-state index in [1.807, 2.05) is 12.1 Å². The molecule has 2 aromatic rings. The topological polar surface area (TPSA) is 70.6 Å². The first kappa shape index (κ1) is 22.9. The smallest absolute Gasteiger partial charge is 0.191 e. The Morgan fingerprint density at radius 3 is 2.31 bits per heavy atom. The van der Waals surface area contributed by atoms with Gasteiger partial charge in [-0.1, -0.05) is 32.0 Å². The van der Waals surface area contributed by atoms with Gasteiger partial charge >= 0.3 is 0 Å². The van der Waals surface area contributed by atoms with Gasteiger partial charge in [0.1, 0.15) is 0 Å². The van der Waals surface area contributed by atoms with Gasteiger partial charge in [-0.25, -0.2) is 8.42 Å². The van der Waals surface area contributed by atoms with Gasteiger partial charge in [-0.2, -0.15) is 0 Å². The number of nitrogens with zero attached hydrogens (tertiary/aromatic N) is 1. The van der Waals surface area contributed by atoms with Gasteiger partial charge in [-0.3, -0.25) is 4.99 Å². The van der Waals surface area contributed by atoms with Crippen molar-refractivity contribution >= 4 is 51.1 Å². The molecule has 1 heterocycles. The van der Waals surface area contributed by atoms with Crippen molar-refractivity contribution in [2.75, 3.05) is 19.8 Å². The average molecular weight is 507 g/mol. The van der Waals surface area contributed by atoms with E-state index in [9.17, 15) is 8.42 Å². The second-order valence-corrected chi connectivity index (χ2v) is 9.52. The summed E-state index contributed by atoms with van der Waals surface area (Å²) in [6, 6.07) is 11.1. The zero-order valence-electron chi connectivity index (χ0n) is 15.4. The molecular weight excluding hydrogens is 481 g/mol. The fourth-order valence-electron chi connectivity index (χ4n) is 2.32. The van der Waals surface area contributed by atoms with Gasteiger partial charge in [0.2, 0.25) is 0 Å². The van der Waals surface area contributed by atoms with Gasteiger partial charge in [-0.15, -0.1) is 35.3 Å². The third-order valence-electron chi connectivity index (χ3n) is 3.92. The molecule has 5 nitrogen and oxygen atoms in total. The maximum atomic E-state index is 11.5. The van der Waals surface area contributed by atoms with E-state index < -0.39 is 9.84 Å². The van der Waals surface area contributed by atoms with Crippen LogP contribution in [0, 0.1) is 0 Å². The van der Waals surface area contributed by atoms with Crippen molar-refractivity contribution in [3.63, 3.8) is 0 Å². The van der Waals surface area contributed by atoms with E-state index in [1.54, 1.807) is 30.5 Å². The fraction of sp³-hybridized carbons (Fsp3) is 0.389. The van der Waals surface area contributed by atoms with E-state index in [2.05, 4.69) is 47.0 Å². The van der Waals surface area contributed by atoms with Gasteiger partial charge in [-0.05, 0) is 29.1 Å². The molecule has 0 aliphatic rings. The predicted molar refractivity (Wildman–Crippen MR) is 121 cm³/mol. The van der Waals surface area contributed by atoms with Gasteiger partial charge in [0, 0.05) is 36.7 Å². The molecule has 0 atom stereocenters. The molecule has 0 bridgehead atoms. The summed E-state index contributed by atoms with van der Waals surface area (Å²) < 4.78 is 23.0. The largest absolute Gasteiger partial charge is 0.356 e. The van der Waals surface area contributed by atoms with Gasteiger partial charge in [0.15, 0.2) is 15.8 Å². The summed E-state index contributed by atoms with van der Waals surface area (Å²) >= 11 is 1.75. The summed E-state index contributed by atoms with van der Waals surface area (Å²) in [5.74, 6) is 0.719. The van der Waals surface area contributed by atoms with Crippen LogP contribution in [0.1, 0.15) is 24.3 Å². The highest BCUT2D eigenvalue weighted by atomic mass is 127. The standard InChI is InChI=1S/C18H25N3O2S2.HI/c1-18(2,16-6-5-11-24-16)13-21-17(19-3)20-12-14-7-9-15(10-8-14)25(4,22)23;/h5-11H,12-13H2,1-4H3,(H2,19,20,21);1H. The van der Waals surface area contributed by atoms with Gasteiger partial charge in [0.25, 0.3) is 0 Å². The summed E-state index contributed by atoms with van der Waals surface area (Å²) in [4.78, 5) is 5.90. The molecule has 0 fully saturated rings. The molecule has 8 heteroatoms. The normalized spacial score (nSPS) is 12.4. The van der Waals surface area contributed by atoms with Gasteiger partial charge < -0.3 is 10.6 Å². The Kier molecular flexibility index (Phi) is 8.55. The summed E-state index contributed by atoms with van der Waals surface area (Å²) in [5.41, 5.74) is 1.01. The van der Waals surface area contributed by atoms with Crippen LogP contribution in [0.4, 0.5) is 0 Å². The van der Waals surface area contributed by atoms with Crippen molar-refractivity contribution in [2.45, 2.75) is 30.7 Å². The van der Waals surface area contributed by atoms with Crippen LogP contribution >= 0.6 is 35.3 Å². The van der Waals surface area contributed by atoms with Crippen LogP contribution < -0.4 is 10.6 Å². The number of hydrogen-bond donors (Lipinski definition) is 2. The first-order valence-electron chi connectivity index (χ1n) is 8.00. The summed E-state index contributed by atoms with van der Waals surface area (Å²) in [5, 5.41) is 8.70. The number of hydrogen-bond acceptors (Lipinski definition) is 4. The Hall–Kier alpha value is -1.13. The molecular formula is C18H26IN3O2S2. The number of sulfone groups is 1. The van der Waals surface area contributed by atoms with Crippen molar-refractivity contribution < 1.29 is 8.42 Å². The van der Waals surface area contributed by atoms with E-state index in [4.69, 9.17) is 0 Å². The molecule has 0 unspecified atom stereocenters. The predicted octanol–water partition coefficient (Wildman–Crippen LogP) is 3.41. The fourth-order valence-corrected chi connectivity index (χ4v) is 3.80. The number of aliphatic imine (C=N–C) groups is 1. The Morgan fingerprint density at radius 1 is 1.15 bits per heavy atom. The molecule has 0 saturated carbocycles.